The molecule has 0 fully saturated rings. The lowest BCUT2D eigenvalue weighted by Crippen LogP contribution is -1.80. The Morgan fingerprint density at radius 3 is 2.50 bits per heavy atom. The van der Waals surface area contributed by atoms with Crippen LogP contribution in [0.15, 0.2) is 12.2 Å². The molecule has 0 aromatic rings. The van der Waals surface area contributed by atoms with Gasteiger partial charge in [0.1, 0.15) is 6.29 Å². The van der Waals surface area contributed by atoms with E-state index in [0.29, 0.717) is 5.92 Å². The first kappa shape index (κ1) is 7.41. The lowest BCUT2D eigenvalue weighted by molar-refractivity contribution is -0.104. The van der Waals surface area contributed by atoms with Crippen LogP contribution in [-0.4, -0.2) is 6.29 Å². The topological polar surface area (TPSA) is 17.1 Å². The summed E-state index contributed by atoms with van der Waals surface area (Å²) in [5.74, 6) is 0.659. The quantitative estimate of drug-likeness (QED) is 0.402. The van der Waals surface area contributed by atoms with Gasteiger partial charge in [-0.05, 0) is 18.4 Å². The number of allylic oxidation sites excluding steroid dienone is 2. The summed E-state index contributed by atoms with van der Waals surface area (Å²) in [6.45, 7) is 4.24. The molecule has 8 heavy (non-hydrogen) atoms. The lowest BCUT2D eigenvalue weighted by atomic mass is 10.1. The first-order valence-electron chi connectivity index (χ1n) is 2.87. The van der Waals surface area contributed by atoms with Crippen LogP contribution in [0.5, 0.6) is 0 Å². The minimum absolute atomic E-state index is 0.659. The summed E-state index contributed by atoms with van der Waals surface area (Å²) in [6.07, 6.45) is 5.23. The molecule has 1 heteroatoms. The second-order valence-corrected chi connectivity index (χ2v) is 2.19. The lowest BCUT2D eigenvalue weighted by Gasteiger charge is -1.93. The molecule has 0 unspecified atom stereocenters. The molecular formula is C7H12O. The van der Waals surface area contributed by atoms with Crippen LogP contribution in [0.25, 0.3) is 0 Å². The fraction of sp³-hybridized carbons (Fsp3) is 0.571. The van der Waals surface area contributed by atoms with E-state index in [0.717, 1.165) is 12.7 Å². The standard InChI is InChI=1S/C7H12O/c1-7(2)5-3-4-6-8/h3-4,6-7H,5H2,1-2H3/b4-3+. The number of carbonyl (C=O) groups excluding carboxylic acids is 1. The minimum Gasteiger partial charge on any atom is -0.299 e. The van der Waals surface area contributed by atoms with Gasteiger partial charge in [-0.2, -0.15) is 0 Å². The molecule has 0 aliphatic heterocycles. The van der Waals surface area contributed by atoms with Crippen LogP contribution in [0.2, 0.25) is 0 Å². The molecule has 0 saturated heterocycles. The molecule has 0 rings (SSSR count). The van der Waals surface area contributed by atoms with Crippen molar-refractivity contribution in [2.24, 2.45) is 5.92 Å². The molecule has 0 amide bonds. The van der Waals surface area contributed by atoms with Crippen molar-refractivity contribution in [2.45, 2.75) is 20.3 Å². The Kier molecular flexibility index (Phi) is 4.23. The van der Waals surface area contributed by atoms with Gasteiger partial charge in [-0.1, -0.05) is 19.9 Å². The van der Waals surface area contributed by atoms with E-state index >= 15 is 0 Å². The maximum absolute atomic E-state index is 9.70. The molecule has 0 spiro atoms. The third-order valence-corrected chi connectivity index (χ3v) is 0.822. The first-order valence-corrected chi connectivity index (χ1v) is 2.87. The molecule has 0 saturated carbocycles. The molecule has 1 nitrogen and oxygen atoms in total. The molecular weight excluding hydrogens is 100 g/mol. The van der Waals surface area contributed by atoms with Crippen LogP contribution in [0, 0.1) is 5.92 Å². The van der Waals surface area contributed by atoms with E-state index in [9.17, 15) is 4.79 Å². The van der Waals surface area contributed by atoms with Crippen molar-refractivity contribution >= 4 is 6.29 Å². The highest BCUT2D eigenvalue weighted by Crippen LogP contribution is 1.98. The molecule has 0 radical (unpaired) electrons. The number of hydrogen-bond acceptors (Lipinski definition) is 1. The van der Waals surface area contributed by atoms with Gasteiger partial charge in [0.25, 0.3) is 0 Å². The second kappa shape index (κ2) is 4.57. The van der Waals surface area contributed by atoms with E-state index in [1.54, 1.807) is 6.08 Å². The van der Waals surface area contributed by atoms with E-state index in [1.165, 1.54) is 0 Å². The van der Waals surface area contributed by atoms with Crippen molar-refractivity contribution in [2.75, 3.05) is 0 Å². The summed E-state index contributed by atoms with van der Waals surface area (Å²) in [6, 6.07) is 0. The van der Waals surface area contributed by atoms with E-state index in [1.807, 2.05) is 6.08 Å². The molecule has 0 aliphatic rings. The summed E-state index contributed by atoms with van der Waals surface area (Å²) in [7, 11) is 0. The third kappa shape index (κ3) is 5.41. The van der Waals surface area contributed by atoms with Crippen LogP contribution in [-0.2, 0) is 4.79 Å². The van der Waals surface area contributed by atoms with Crippen LogP contribution in [0.4, 0.5) is 0 Å². The Balaban J connectivity index is 3.15. The molecule has 0 aromatic carbocycles. The van der Waals surface area contributed by atoms with E-state index in [-0.39, 0.29) is 0 Å². The highest BCUT2D eigenvalue weighted by atomic mass is 16.1. The Labute approximate surface area is 50.4 Å². The molecule has 0 heterocycles. The fourth-order valence-electron chi connectivity index (χ4n) is 0.406. The largest absolute Gasteiger partial charge is 0.299 e. The maximum Gasteiger partial charge on any atom is 0.142 e. The smallest absolute Gasteiger partial charge is 0.142 e. The third-order valence-electron chi connectivity index (χ3n) is 0.822. The van der Waals surface area contributed by atoms with Crippen LogP contribution < -0.4 is 0 Å². The van der Waals surface area contributed by atoms with Crippen molar-refractivity contribution < 1.29 is 4.79 Å². The molecule has 0 aliphatic carbocycles. The average molecular weight is 112 g/mol. The predicted molar refractivity (Wildman–Crippen MR) is 34.7 cm³/mol. The van der Waals surface area contributed by atoms with Gasteiger partial charge in [0.15, 0.2) is 0 Å². The summed E-state index contributed by atoms with van der Waals surface area (Å²) >= 11 is 0. The monoisotopic (exact) mass is 112 g/mol. The number of aldehydes is 1. The minimum atomic E-state index is 0.659. The van der Waals surface area contributed by atoms with Crippen LogP contribution >= 0.6 is 0 Å². The van der Waals surface area contributed by atoms with Crippen LogP contribution in [0.3, 0.4) is 0 Å². The average Bonchev–Trinajstić information content (AvgIpc) is 1.66. The molecule has 0 atom stereocenters. The highest BCUT2D eigenvalue weighted by Gasteiger charge is 1.84. The Morgan fingerprint density at radius 2 is 2.12 bits per heavy atom. The van der Waals surface area contributed by atoms with Crippen molar-refractivity contribution in [3.05, 3.63) is 12.2 Å². The van der Waals surface area contributed by atoms with Crippen molar-refractivity contribution in [1.29, 1.82) is 0 Å². The molecule has 46 valence electrons. The van der Waals surface area contributed by atoms with E-state index in [2.05, 4.69) is 13.8 Å². The Morgan fingerprint density at radius 1 is 1.50 bits per heavy atom. The van der Waals surface area contributed by atoms with Gasteiger partial charge >= 0.3 is 0 Å². The van der Waals surface area contributed by atoms with E-state index < -0.39 is 0 Å². The molecule has 0 bridgehead atoms. The SMILES string of the molecule is CC(C)C/C=C/C=O. The highest BCUT2D eigenvalue weighted by molar-refractivity contribution is 5.64. The van der Waals surface area contributed by atoms with Gasteiger partial charge in [0, 0.05) is 0 Å². The first-order chi connectivity index (χ1) is 3.77. The van der Waals surface area contributed by atoms with Gasteiger partial charge in [-0.15, -0.1) is 0 Å². The summed E-state index contributed by atoms with van der Waals surface area (Å²) in [4.78, 5) is 9.70. The van der Waals surface area contributed by atoms with Gasteiger partial charge in [-0.25, -0.2) is 0 Å². The van der Waals surface area contributed by atoms with Crippen molar-refractivity contribution in [3.63, 3.8) is 0 Å². The zero-order chi connectivity index (χ0) is 6.41. The van der Waals surface area contributed by atoms with Crippen molar-refractivity contribution in [1.82, 2.24) is 0 Å². The predicted octanol–water partition coefficient (Wildman–Crippen LogP) is 1.79. The van der Waals surface area contributed by atoms with Gasteiger partial charge in [0.05, 0.1) is 0 Å². The Hall–Kier alpha value is -0.590. The van der Waals surface area contributed by atoms with Gasteiger partial charge in [-0.3, -0.25) is 4.79 Å². The van der Waals surface area contributed by atoms with Crippen molar-refractivity contribution in [3.8, 4) is 0 Å². The summed E-state index contributed by atoms with van der Waals surface area (Å²) in [5, 5.41) is 0. The normalized spacial score (nSPS) is 10.9. The summed E-state index contributed by atoms with van der Waals surface area (Å²) in [5.41, 5.74) is 0. The second-order valence-electron chi connectivity index (χ2n) is 2.19. The molecule has 0 aromatic heterocycles. The molecule has 0 N–H and O–H groups in total. The van der Waals surface area contributed by atoms with Gasteiger partial charge < -0.3 is 0 Å². The maximum atomic E-state index is 9.70. The zero-order valence-electron chi connectivity index (χ0n) is 5.42. The van der Waals surface area contributed by atoms with E-state index in [4.69, 9.17) is 0 Å². The number of carbonyl (C=O) groups is 1. The Bertz CT molecular complexity index is 82.4. The van der Waals surface area contributed by atoms with Crippen LogP contribution in [0.1, 0.15) is 20.3 Å². The number of hydrogen-bond donors (Lipinski definition) is 0. The summed E-state index contributed by atoms with van der Waals surface area (Å²) < 4.78 is 0. The fourth-order valence-corrected chi connectivity index (χ4v) is 0.406. The number of rotatable bonds is 3. The zero-order valence-corrected chi connectivity index (χ0v) is 5.42. The van der Waals surface area contributed by atoms with Gasteiger partial charge in [0.2, 0.25) is 0 Å².